The number of esters is 1. The number of hydrogen-bond acceptors (Lipinski definition) is 11. The van der Waals surface area contributed by atoms with Gasteiger partial charge in [0.2, 0.25) is 23.7 Å². The van der Waals surface area contributed by atoms with Gasteiger partial charge in [0.15, 0.2) is 6.23 Å². The number of nitrogens with zero attached hydrogens (tertiary/aromatic N) is 8. The number of nitrogens with two attached hydrogens (primary N) is 2. The lowest BCUT2D eigenvalue weighted by Crippen LogP contribution is -2.20. The van der Waals surface area contributed by atoms with E-state index >= 15 is 0 Å². The zero-order valence-electron chi connectivity index (χ0n) is 32.4. The molecule has 0 aliphatic rings. The molecule has 4 heterocycles. The number of allylic oxidation sites excluding steroid dienone is 2. The van der Waals surface area contributed by atoms with Crippen LogP contribution in [-0.4, -0.2) is 74.1 Å². The molecule has 0 aliphatic carbocycles. The quantitative estimate of drug-likeness (QED) is 0.0507. The molecular weight excluding hydrogens is 733 g/mol. The van der Waals surface area contributed by atoms with E-state index in [-0.39, 0.29) is 49.6 Å². The zero-order chi connectivity index (χ0) is 41.0. The summed E-state index contributed by atoms with van der Waals surface area (Å²) in [4.78, 5) is 59.9. The number of amides is 3. The van der Waals surface area contributed by atoms with E-state index in [0.717, 1.165) is 5.69 Å². The van der Waals surface area contributed by atoms with E-state index in [9.17, 15) is 24.3 Å². The predicted octanol–water partition coefficient (Wildman–Crippen LogP) is 3.74. The summed E-state index contributed by atoms with van der Waals surface area (Å²) in [7, 11) is 0. The number of anilines is 2. The van der Waals surface area contributed by atoms with Crippen molar-refractivity contribution in [1.82, 2.24) is 38.7 Å². The van der Waals surface area contributed by atoms with E-state index in [2.05, 4.69) is 20.8 Å². The minimum Gasteiger partial charge on any atom is -0.466 e. The molecule has 298 valence electrons. The number of aliphatic hydroxyl groups is 1. The van der Waals surface area contributed by atoms with Gasteiger partial charge in [-0.2, -0.15) is 10.2 Å². The summed E-state index contributed by atoms with van der Waals surface area (Å²) in [5.41, 5.74) is 16.8. The number of ether oxygens (including phenoxy) is 1. The maximum Gasteiger partial charge on any atom is 0.306 e. The van der Waals surface area contributed by atoms with Crippen molar-refractivity contribution < 1.29 is 29.0 Å². The Bertz CT molecular complexity index is 2520. The van der Waals surface area contributed by atoms with E-state index in [1.165, 1.54) is 0 Å². The first-order valence-corrected chi connectivity index (χ1v) is 18.6. The third-order valence-electron chi connectivity index (χ3n) is 9.32. The van der Waals surface area contributed by atoms with Gasteiger partial charge in [0.1, 0.15) is 5.69 Å². The van der Waals surface area contributed by atoms with E-state index in [4.69, 9.17) is 26.2 Å². The number of benzene rings is 2. The van der Waals surface area contributed by atoms with Gasteiger partial charge in [-0.15, -0.1) is 0 Å². The van der Waals surface area contributed by atoms with E-state index in [1.807, 2.05) is 37.5 Å². The molecule has 1 unspecified atom stereocenters. The van der Waals surface area contributed by atoms with Crippen LogP contribution < -0.4 is 22.1 Å². The molecule has 2 aromatic carbocycles. The summed E-state index contributed by atoms with van der Waals surface area (Å²) < 4.78 is 12.1. The number of hydrogen-bond donors (Lipinski definition) is 5. The Morgan fingerprint density at radius 3 is 2.16 bits per heavy atom. The van der Waals surface area contributed by atoms with Gasteiger partial charge in [-0.3, -0.25) is 33.9 Å². The molecule has 3 amide bonds. The summed E-state index contributed by atoms with van der Waals surface area (Å²) in [6, 6.07) is 11.6. The van der Waals surface area contributed by atoms with Crippen LogP contribution in [0.5, 0.6) is 0 Å². The summed E-state index contributed by atoms with van der Waals surface area (Å²) in [5, 5.41) is 26.1. The highest BCUT2D eigenvalue weighted by Crippen LogP contribution is 2.28. The molecule has 1 atom stereocenters. The Kier molecular flexibility index (Phi) is 11.8. The topological polar surface area (TPSA) is 245 Å². The standard InChI is InChI=1S/C39H46N12O6/c1-6-50-30(17-22(4)46-50)36(55)44-38-42-27-20-25(34(40)53)11-13-29(27)48(38)15-9-10-16-49-33-24(12-14-32(52)57-8-3)19-26(35(41)54)21-28(33)43-39(49)45-37(56)31-18-23(5)47-51(31)7-2/h9-11,13,17-21,36,55H,6-8,12,14-16H2,1-5H3,(H2,40,53)(H2,41,54)(H,42,44)(H,43,45,56)/b10-9+. The number of carbonyl (C=O) groups excluding carboxylic acids is 4. The first-order valence-electron chi connectivity index (χ1n) is 18.6. The molecule has 7 N–H and O–H groups in total. The van der Waals surface area contributed by atoms with Gasteiger partial charge in [0.25, 0.3) is 5.91 Å². The van der Waals surface area contributed by atoms with Crippen LogP contribution in [0.15, 0.2) is 54.6 Å². The molecule has 0 saturated heterocycles. The van der Waals surface area contributed by atoms with E-state index in [1.54, 1.807) is 70.2 Å². The lowest BCUT2D eigenvalue weighted by Gasteiger charge is -2.16. The van der Waals surface area contributed by atoms with Gasteiger partial charge in [-0.1, -0.05) is 12.2 Å². The highest BCUT2D eigenvalue weighted by molar-refractivity contribution is 6.04. The number of aromatic nitrogens is 8. The third kappa shape index (κ3) is 8.55. The van der Waals surface area contributed by atoms with Crippen LogP contribution in [0.3, 0.4) is 0 Å². The monoisotopic (exact) mass is 778 g/mol. The number of rotatable bonds is 17. The van der Waals surface area contributed by atoms with Crippen LogP contribution in [0.2, 0.25) is 0 Å². The van der Waals surface area contributed by atoms with Crippen molar-refractivity contribution in [3.8, 4) is 0 Å². The molecule has 57 heavy (non-hydrogen) atoms. The molecule has 6 rings (SSSR count). The fourth-order valence-electron chi connectivity index (χ4n) is 6.74. The molecule has 0 spiro atoms. The van der Waals surface area contributed by atoms with E-state index < -0.39 is 29.9 Å². The van der Waals surface area contributed by atoms with Crippen molar-refractivity contribution in [2.24, 2.45) is 11.5 Å². The van der Waals surface area contributed by atoms with Crippen molar-refractivity contribution in [1.29, 1.82) is 0 Å². The van der Waals surface area contributed by atoms with E-state index in [0.29, 0.717) is 63.7 Å². The van der Waals surface area contributed by atoms with Gasteiger partial charge in [-0.25, -0.2) is 9.97 Å². The molecule has 0 saturated carbocycles. The van der Waals surface area contributed by atoms with Gasteiger partial charge in [0, 0.05) is 43.7 Å². The molecule has 0 aliphatic heterocycles. The van der Waals surface area contributed by atoms with Gasteiger partial charge in [-0.05, 0) is 89.1 Å². The SMILES string of the molecule is CCOC(=O)CCc1cc(C(N)=O)cc2nc(NC(=O)c3cc(C)nn3CC)n(C/C=C/Cn3c(NC(O)c4cc(C)nn4CC)nc4cc(C(N)=O)ccc43)c12. The fraction of sp³-hybridized carbons (Fsp3) is 0.333. The van der Waals surface area contributed by atoms with Crippen molar-refractivity contribution in [2.75, 3.05) is 17.2 Å². The molecule has 0 fully saturated rings. The Labute approximate surface area is 327 Å². The first kappa shape index (κ1) is 39.9. The number of aryl methyl sites for hydroxylation is 5. The average molecular weight is 779 g/mol. The van der Waals surface area contributed by atoms with Crippen LogP contribution in [0.1, 0.15) is 87.3 Å². The molecule has 0 bridgehead atoms. The molecule has 6 aromatic rings. The minimum atomic E-state index is -1.16. The normalized spacial score (nSPS) is 12.1. The van der Waals surface area contributed by atoms with Gasteiger partial charge >= 0.3 is 5.97 Å². The Balaban J connectivity index is 1.38. The lowest BCUT2D eigenvalue weighted by atomic mass is 10.0. The number of carbonyl (C=O) groups is 4. The van der Waals surface area contributed by atoms with Crippen molar-refractivity contribution >= 4 is 57.7 Å². The molecule has 0 radical (unpaired) electrons. The maximum absolute atomic E-state index is 13.7. The Morgan fingerprint density at radius 2 is 1.47 bits per heavy atom. The summed E-state index contributed by atoms with van der Waals surface area (Å²) >= 11 is 0. The Hall–Kier alpha value is -6.82. The number of fused-ring (bicyclic) bond motifs is 2. The predicted molar refractivity (Wildman–Crippen MR) is 212 cm³/mol. The number of primary amides is 2. The second-order valence-electron chi connectivity index (χ2n) is 13.3. The number of aliphatic hydroxyl groups excluding tert-OH is 1. The molecule has 18 nitrogen and oxygen atoms in total. The summed E-state index contributed by atoms with van der Waals surface area (Å²) in [6.45, 7) is 10.9. The van der Waals surface area contributed by atoms with Crippen molar-refractivity contribution in [3.63, 3.8) is 0 Å². The second kappa shape index (κ2) is 16.9. The molecular formula is C39H46N12O6. The van der Waals surface area contributed by atoms with Crippen LogP contribution in [-0.2, 0) is 42.1 Å². The minimum absolute atomic E-state index is 0.0360. The highest BCUT2D eigenvalue weighted by Gasteiger charge is 2.22. The molecule has 18 heteroatoms. The van der Waals surface area contributed by atoms with Crippen LogP contribution >= 0.6 is 0 Å². The second-order valence-corrected chi connectivity index (χ2v) is 13.3. The van der Waals surface area contributed by atoms with Crippen LogP contribution in [0.4, 0.5) is 11.9 Å². The van der Waals surface area contributed by atoms with Gasteiger partial charge in [0.05, 0.1) is 45.8 Å². The highest BCUT2D eigenvalue weighted by atomic mass is 16.5. The van der Waals surface area contributed by atoms with Crippen molar-refractivity contribution in [3.05, 3.63) is 94.1 Å². The largest absolute Gasteiger partial charge is 0.466 e. The smallest absolute Gasteiger partial charge is 0.306 e. The maximum atomic E-state index is 13.7. The first-order chi connectivity index (χ1) is 27.3. The van der Waals surface area contributed by atoms with Crippen LogP contribution in [0.25, 0.3) is 22.1 Å². The zero-order valence-corrected chi connectivity index (χ0v) is 32.4. The third-order valence-corrected chi connectivity index (χ3v) is 9.32. The molecule has 4 aromatic heterocycles. The fourth-order valence-corrected chi connectivity index (χ4v) is 6.74. The summed E-state index contributed by atoms with van der Waals surface area (Å²) in [6.07, 6.45) is 2.84. The van der Waals surface area contributed by atoms with Crippen molar-refractivity contribution in [2.45, 2.75) is 79.9 Å². The van der Waals surface area contributed by atoms with Crippen LogP contribution in [0, 0.1) is 13.8 Å². The number of imidazole rings is 2. The van der Waals surface area contributed by atoms with Gasteiger partial charge < -0.3 is 35.8 Å². The summed E-state index contributed by atoms with van der Waals surface area (Å²) in [5.74, 6) is -1.59. The number of nitrogens with one attached hydrogen (secondary N) is 2. The Morgan fingerprint density at radius 1 is 0.825 bits per heavy atom. The lowest BCUT2D eigenvalue weighted by molar-refractivity contribution is -0.143. The average Bonchev–Trinajstić information content (AvgIpc) is 3.94.